The molecule has 1 aromatic carbocycles. The van der Waals surface area contributed by atoms with Gasteiger partial charge in [0.25, 0.3) is 5.56 Å². The molecule has 7 nitrogen and oxygen atoms in total. The first-order valence-electron chi connectivity index (χ1n) is 10.9. The Morgan fingerprint density at radius 3 is 2.29 bits per heavy atom. The zero-order chi connectivity index (χ0) is 22.2. The maximum atomic E-state index is 12.7. The van der Waals surface area contributed by atoms with Crippen molar-refractivity contribution in [2.24, 2.45) is 0 Å². The SMILES string of the molecule is CC(C)(C)S(=O)(=O)c1ccc(Nc2nn(C3CCCCCC3)c3cc[nH]c(=O)c23)cc1. The molecule has 0 saturated heterocycles. The quantitative estimate of drug-likeness (QED) is 0.558. The van der Waals surface area contributed by atoms with Crippen molar-refractivity contribution in [3.05, 3.63) is 46.9 Å². The molecule has 2 heterocycles. The highest BCUT2D eigenvalue weighted by atomic mass is 32.2. The van der Waals surface area contributed by atoms with E-state index in [2.05, 4.69) is 10.3 Å². The van der Waals surface area contributed by atoms with Gasteiger partial charge in [-0.3, -0.25) is 9.48 Å². The van der Waals surface area contributed by atoms with E-state index >= 15 is 0 Å². The number of hydrogen-bond acceptors (Lipinski definition) is 5. The lowest BCUT2D eigenvalue weighted by molar-refractivity contribution is 0.418. The minimum Gasteiger partial charge on any atom is -0.338 e. The Hall–Kier alpha value is -2.61. The monoisotopic (exact) mass is 442 g/mol. The number of nitrogens with zero attached hydrogens (tertiary/aromatic N) is 2. The van der Waals surface area contributed by atoms with Gasteiger partial charge >= 0.3 is 0 Å². The highest BCUT2D eigenvalue weighted by Crippen LogP contribution is 2.32. The van der Waals surface area contributed by atoms with Gasteiger partial charge in [0.05, 0.1) is 21.2 Å². The normalized spacial score (nSPS) is 16.4. The van der Waals surface area contributed by atoms with Crippen LogP contribution >= 0.6 is 0 Å². The Balaban J connectivity index is 1.70. The molecule has 1 aliphatic carbocycles. The van der Waals surface area contributed by atoms with Gasteiger partial charge in [-0.05, 0) is 63.9 Å². The second-order valence-corrected chi connectivity index (χ2v) is 12.0. The van der Waals surface area contributed by atoms with Crippen molar-refractivity contribution < 1.29 is 8.42 Å². The summed E-state index contributed by atoms with van der Waals surface area (Å²) >= 11 is 0. The van der Waals surface area contributed by atoms with Crippen LogP contribution in [0.2, 0.25) is 0 Å². The zero-order valence-electron chi connectivity index (χ0n) is 18.3. The number of rotatable bonds is 4. The van der Waals surface area contributed by atoms with Gasteiger partial charge in [0.15, 0.2) is 15.7 Å². The lowest BCUT2D eigenvalue weighted by Gasteiger charge is -2.19. The van der Waals surface area contributed by atoms with E-state index in [0.717, 1.165) is 18.4 Å². The van der Waals surface area contributed by atoms with Crippen LogP contribution in [-0.4, -0.2) is 27.9 Å². The van der Waals surface area contributed by atoms with Crippen molar-refractivity contribution in [3.63, 3.8) is 0 Å². The van der Waals surface area contributed by atoms with Crippen molar-refractivity contribution in [2.45, 2.75) is 75.0 Å². The fourth-order valence-corrected chi connectivity index (χ4v) is 5.38. The van der Waals surface area contributed by atoms with Crippen molar-refractivity contribution in [2.75, 3.05) is 5.32 Å². The minimum atomic E-state index is -3.42. The molecule has 31 heavy (non-hydrogen) atoms. The van der Waals surface area contributed by atoms with Crippen LogP contribution < -0.4 is 10.9 Å². The van der Waals surface area contributed by atoms with Gasteiger partial charge in [0, 0.05) is 11.9 Å². The number of anilines is 2. The Bertz CT molecular complexity index is 1230. The lowest BCUT2D eigenvalue weighted by Crippen LogP contribution is -2.27. The molecule has 1 saturated carbocycles. The third kappa shape index (κ3) is 4.13. The van der Waals surface area contributed by atoms with Crippen LogP contribution in [0.3, 0.4) is 0 Å². The second kappa shape index (κ2) is 8.15. The first-order valence-corrected chi connectivity index (χ1v) is 12.4. The molecule has 0 atom stereocenters. The molecule has 3 aromatic rings. The van der Waals surface area contributed by atoms with Crippen LogP contribution in [0.25, 0.3) is 10.9 Å². The molecule has 8 heteroatoms. The molecule has 1 fully saturated rings. The summed E-state index contributed by atoms with van der Waals surface area (Å²) in [6.45, 7) is 5.06. The van der Waals surface area contributed by atoms with Gasteiger partial charge in [-0.2, -0.15) is 5.10 Å². The summed E-state index contributed by atoms with van der Waals surface area (Å²) in [7, 11) is -3.42. The molecule has 0 bridgehead atoms. The smallest absolute Gasteiger partial charge is 0.261 e. The topological polar surface area (TPSA) is 96.8 Å². The third-order valence-corrected chi connectivity index (χ3v) is 8.54. The van der Waals surface area contributed by atoms with E-state index in [9.17, 15) is 13.2 Å². The van der Waals surface area contributed by atoms with E-state index < -0.39 is 14.6 Å². The average Bonchev–Trinajstić information content (AvgIpc) is 2.89. The molecule has 1 aliphatic rings. The first kappa shape index (κ1) is 21.6. The van der Waals surface area contributed by atoms with Crippen LogP contribution in [-0.2, 0) is 9.84 Å². The molecule has 0 aliphatic heterocycles. The number of pyridine rings is 1. The molecule has 4 rings (SSSR count). The molecule has 2 N–H and O–H groups in total. The van der Waals surface area contributed by atoms with Gasteiger partial charge in [0.2, 0.25) is 0 Å². The Morgan fingerprint density at radius 2 is 1.68 bits per heavy atom. The molecule has 0 radical (unpaired) electrons. The van der Waals surface area contributed by atoms with E-state index in [1.165, 1.54) is 25.7 Å². The number of hydrogen-bond donors (Lipinski definition) is 2. The fourth-order valence-electron chi connectivity index (χ4n) is 4.18. The molecule has 0 amide bonds. The lowest BCUT2D eigenvalue weighted by atomic mass is 10.1. The minimum absolute atomic E-state index is 0.188. The number of nitrogens with one attached hydrogen (secondary N) is 2. The van der Waals surface area contributed by atoms with E-state index in [1.54, 1.807) is 51.2 Å². The van der Waals surface area contributed by atoms with Crippen molar-refractivity contribution in [1.82, 2.24) is 14.8 Å². The van der Waals surface area contributed by atoms with Gasteiger partial charge in [-0.15, -0.1) is 0 Å². The summed E-state index contributed by atoms with van der Waals surface area (Å²) in [5.41, 5.74) is 1.32. The van der Waals surface area contributed by atoms with Crippen molar-refractivity contribution >= 4 is 32.2 Å². The van der Waals surface area contributed by atoms with Crippen LogP contribution in [0, 0.1) is 0 Å². The van der Waals surface area contributed by atoms with E-state index in [1.807, 2.05) is 10.7 Å². The fraction of sp³-hybridized carbons (Fsp3) is 0.478. The van der Waals surface area contributed by atoms with Crippen LogP contribution in [0.5, 0.6) is 0 Å². The molecule has 0 unspecified atom stereocenters. The molecular formula is C23H30N4O3S. The summed E-state index contributed by atoms with van der Waals surface area (Å²) in [6, 6.07) is 8.80. The highest BCUT2D eigenvalue weighted by Gasteiger charge is 2.30. The Morgan fingerprint density at radius 1 is 1.03 bits per heavy atom. The van der Waals surface area contributed by atoms with Crippen LogP contribution in [0.4, 0.5) is 11.5 Å². The van der Waals surface area contributed by atoms with Crippen molar-refractivity contribution in [3.8, 4) is 0 Å². The number of aromatic nitrogens is 3. The summed E-state index contributed by atoms with van der Waals surface area (Å²) in [5, 5.41) is 8.55. The molecule has 2 aromatic heterocycles. The maximum absolute atomic E-state index is 12.7. The van der Waals surface area contributed by atoms with Gasteiger partial charge in [0.1, 0.15) is 5.39 Å². The maximum Gasteiger partial charge on any atom is 0.261 e. The van der Waals surface area contributed by atoms with E-state index in [4.69, 9.17) is 5.10 Å². The van der Waals surface area contributed by atoms with Crippen molar-refractivity contribution in [1.29, 1.82) is 0 Å². The highest BCUT2D eigenvalue weighted by molar-refractivity contribution is 7.92. The Labute approximate surface area is 182 Å². The molecule has 166 valence electrons. The predicted molar refractivity (Wildman–Crippen MR) is 124 cm³/mol. The number of fused-ring (bicyclic) bond motifs is 1. The summed E-state index contributed by atoms with van der Waals surface area (Å²) in [4.78, 5) is 15.6. The standard InChI is InChI=1S/C23H30N4O3S/c1-23(2,3)31(29,30)18-12-10-16(11-13-18)25-21-20-19(14-15-24-22(20)28)27(26-21)17-8-6-4-5-7-9-17/h10-15,17H,4-9H2,1-3H3,(H,24,28)(H,25,26). The van der Waals surface area contributed by atoms with Gasteiger partial charge in [-0.25, -0.2) is 8.42 Å². The second-order valence-electron chi connectivity index (χ2n) is 9.27. The summed E-state index contributed by atoms with van der Waals surface area (Å²) in [6.07, 6.45) is 8.60. The predicted octanol–water partition coefficient (Wildman–Crippen LogP) is 4.94. The van der Waals surface area contributed by atoms with E-state index in [-0.39, 0.29) is 16.5 Å². The van der Waals surface area contributed by atoms with Gasteiger partial charge in [-0.1, -0.05) is 25.7 Å². The molecular weight excluding hydrogens is 412 g/mol. The Kier molecular flexibility index (Phi) is 5.68. The first-order chi connectivity index (χ1) is 14.7. The van der Waals surface area contributed by atoms with E-state index in [0.29, 0.717) is 16.9 Å². The zero-order valence-corrected chi connectivity index (χ0v) is 19.1. The number of benzene rings is 1. The summed E-state index contributed by atoms with van der Waals surface area (Å²) < 4.78 is 26.5. The number of sulfone groups is 1. The van der Waals surface area contributed by atoms with Gasteiger partial charge < -0.3 is 10.3 Å². The molecule has 0 spiro atoms. The van der Waals surface area contributed by atoms with Crippen LogP contribution in [0.15, 0.2) is 46.2 Å². The largest absolute Gasteiger partial charge is 0.338 e. The number of aromatic amines is 1. The number of H-pyrrole nitrogens is 1. The summed E-state index contributed by atoms with van der Waals surface area (Å²) in [5.74, 6) is 0.493. The average molecular weight is 443 g/mol. The van der Waals surface area contributed by atoms with Crippen LogP contribution in [0.1, 0.15) is 65.3 Å². The third-order valence-electron chi connectivity index (χ3n) is 6.03.